The molecule has 2 atom stereocenters. The van der Waals surface area contributed by atoms with Crippen LogP contribution >= 0.6 is 0 Å². The average molecular weight is 368 g/mol. The van der Waals surface area contributed by atoms with Crippen molar-refractivity contribution < 1.29 is 22.7 Å². The zero-order chi connectivity index (χ0) is 17.9. The second-order valence-corrected chi connectivity index (χ2v) is 8.15. The molecule has 8 heteroatoms. The van der Waals surface area contributed by atoms with Crippen molar-refractivity contribution in [2.75, 3.05) is 18.5 Å². The van der Waals surface area contributed by atoms with Gasteiger partial charge in [-0.3, -0.25) is 4.79 Å². The molecule has 25 heavy (non-hydrogen) atoms. The van der Waals surface area contributed by atoms with E-state index in [1.54, 1.807) is 6.07 Å². The molecule has 138 valence electrons. The van der Waals surface area contributed by atoms with Crippen LogP contribution in [0.4, 0.5) is 5.69 Å². The summed E-state index contributed by atoms with van der Waals surface area (Å²) in [5, 5.41) is 2.75. The number of unbranched alkanes of at least 4 members (excludes halogenated alkanes) is 1. The third kappa shape index (κ3) is 4.31. The summed E-state index contributed by atoms with van der Waals surface area (Å²) in [6.45, 7) is 2.98. The van der Waals surface area contributed by atoms with Crippen LogP contribution in [0.15, 0.2) is 23.1 Å². The van der Waals surface area contributed by atoms with E-state index < -0.39 is 16.1 Å². The minimum atomic E-state index is -3.66. The van der Waals surface area contributed by atoms with Crippen LogP contribution in [0.5, 0.6) is 5.75 Å². The summed E-state index contributed by atoms with van der Waals surface area (Å²) in [6.07, 6.45) is 3.73. The lowest BCUT2D eigenvalue weighted by atomic mass is 10.1. The number of hydrogen-bond acceptors (Lipinski definition) is 5. The summed E-state index contributed by atoms with van der Waals surface area (Å²) in [6, 6.07) is 4.51. The van der Waals surface area contributed by atoms with Crippen LogP contribution in [0, 0.1) is 0 Å². The van der Waals surface area contributed by atoms with Crippen LogP contribution < -0.4 is 14.8 Å². The number of carbonyl (C=O) groups excluding carboxylic acids is 1. The Bertz CT molecular complexity index is 729. The van der Waals surface area contributed by atoms with E-state index >= 15 is 0 Å². The highest BCUT2D eigenvalue weighted by Crippen LogP contribution is 2.33. The molecule has 2 aliphatic rings. The number of rotatable bonds is 7. The van der Waals surface area contributed by atoms with Crippen LogP contribution in [0.1, 0.15) is 39.0 Å². The number of anilines is 1. The molecule has 2 N–H and O–H groups in total. The molecule has 0 aromatic heterocycles. The molecular weight excluding hydrogens is 344 g/mol. The number of sulfonamides is 1. The van der Waals surface area contributed by atoms with Crippen molar-refractivity contribution in [1.82, 2.24) is 4.72 Å². The maximum absolute atomic E-state index is 12.4. The highest BCUT2D eigenvalue weighted by atomic mass is 32.2. The zero-order valence-electron chi connectivity index (χ0n) is 14.3. The third-order valence-electron chi connectivity index (χ3n) is 4.43. The van der Waals surface area contributed by atoms with Gasteiger partial charge >= 0.3 is 0 Å². The molecule has 0 unspecified atom stereocenters. The normalized spacial score (nSPS) is 23.0. The lowest BCUT2D eigenvalue weighted by Gasteiger charge is -2.26. The Labute approximate surface area is 148 Å². The van der Waals surface area contributed by atoms with Gasteiger partial charge in [0.05, 0.1) is 16.7 Å². The van der Waals surface area contributed by atoms with Crippen molar-refractivity contribution in [2.45, 2.75) is 56.1 Å². The van der Waals surface area contributed by atoms with Gasteiger partial charge in [0, 0.05) is 13.2 Å². The Balaban J connectivity index is 1.70. The number of fused-ring (bicyclic) bond motifs is 1. The average Bonchev–Trinajstić information content (AvgIpc) is 3.11. The van der Waals surface area contributed by atoms with E-state index in [9.17, 15) is 13.2 Å². The fraction of sp³-hybridized carbons (Fsp3) is 0.588. The van der Waals surface area contributed by atoms with E-state index in [2.05, 4.69) is 17.0 Å². The van der Waals surface area contributed by atoms with Crippen LogP contribution in [0.3, 0.4) is 0 Å². The minimum absolute atomic E-state index is 0.0743. The Kier molecular flexibility index (Phi) is 5.61. The first-order chi connectivity index (χ1) is 12.0. The largest absolute Gasteiger partial charge is 0.478 e. The zero-order valence-corrected chi connectivity index (χ0v) is 15.1. The van der Waals surface area contributed by atoms with Gasteiger partial charge in [-0.15, -0.1) is 0 Å². The first kappa shape index (κ1) is 18.2. The molecule has 0 bridgehead atoms. The van der Waals surface area contributed by atoms with Crippen LogP contribution in [0.2, 0.25) is 0 Å². The molecule has 2 heterocycles. The van der Waals surface area contributed by atoms with Crippen LogP contribution in [-0.2, 0) is 19.6 Å². The van der Waals surface area contributed by atoms with Crippen molar-refractivity contribution in [3.63, 3.8) is 0 Å². The first-order valence-corrected chi connectivity index (χ1v) is 10.2. The lowest BCUT2D eigenvalue weighted by Crippen LogP contribution is -2.37. The Hall–Kier alpha value is -1.64. The fourth-order valence-electron chi connectivity index (χ4n) is 2.97. The van der Waals surface area contributed by atoms with Gasteiger partial charge in [-0.05, 0) is 43.9 Å². The number of benzene rings is 1. The van der Waals surface area contributed by atoms with Crippen molar-refractivity contribution in [2.24, 2.45) is 0 Å². The number of hydrogen-bond donors (Lipinski definition) is 2. The van der Waals surface area contributed by atoms with E-state index in [-0.39, 0.29) is 23.5 Å². The van der Waals surface area contributed by atoms with E-state index in [1.807, 2.05) is 0 Å². The SMILES string of the molecule is CCCC[C@@H]1Oc2ccc(S(=O)(=O)NC[C@@H]3CCCO3)cc2NC1=O. The van der Waals surface area contributed by atoms with Gasteiger partial charge in [-0.2, -0.15) is 0 Å². The number of ether oxygens (including phenoxy) is 2. The van der Waals surface area contributed by atoms with Gasteiger partial charge in [-0.25, -0.2) is 13.1 Å². The van der Waals surface area contributed by atoms with Gasteiger partial charge < -0.3 is 14.8 Å². The molecule has 3 rings (SSSR count). The Morgan fingerprint density at radius 1 is 1.36 bits per heavy atom. The molecule has 1 aromatic carbocycles. The predicted octanol–water partition coefficient (Wildman–Crippen LogP) is 2.03. The predicted molar refractivity (Wildman–Crippen MR) is 93.2 cm³/mol. The summed E-state index contributed by atoms with van der Waals surface area (Å²) < 4.78 is 38.6. The maximum Gasteiger partial charge on any atom is 0.265 e. The number of carbonyl (C=O) groups is 1. The molecule has 0 saturated carbocycles. The van der Waals surface area contributed by atoms with Crippen LogP contribution in [-0.4, -0.2) is 39.7 Å². The highest BCUT2D eigenvalue weighted by Gasteiger charge is 2.28. The van der Waals surface area contributed by atoms with Gasteiger partial charge in [0.1, 0.15) is 5.75 Å². The van der Waals surface area contributed by atoms with E-state index in [4.69, 9.17) is 9.47 Å². The van der Waals surface area contributed by atoms with Crippen molar-refractivity contribution in [3.8, 4) is 5.75 Å². The molecule has 1 saturated heterocycles. The maximum atomic E-state index is 12.4. The van der Waals surface area contributed by atoms with Crippen molar-refractivity contribution in [3.05, 3.63) is 18.2 Å². The molecule has 1 amide bonds. The summed E-state index contributed by atoms with van der Waals surface area (Å²) in [7, 11) is -3.66. The van der Waals surface area contributed by atoms with Gasteiger partial charge in [0.15, 0.2) is 6.10 Å². The van der Waals surface area contributed by atoms with E-state index in [1.165, 1.54) is 12.1 Å². The Morgan fingerprint density at radius 3 is 2.92 bits per heavy atom. The minimum Gasteiger partial charge on any atom is -0.478 e. The fourth-order valence-corrected chi connectivity index (χ4v) is 4.06. The third-order valence-corrected chi connectivity index (χ3v) is 5.85. The number of amides is 1. The van der Waals surface area contributed by atoms with Crippen LogP contribution in [0.25, 0.3) is 0 Å². The summed E-state index contributed by atoms with van der Waals surface area (Å²) in [5.74, 6) is 0.265. The van der Waals surface area contributed by atoms with Crippen molar-refractivity contribution in [1.29, 1.82) is 0 Å². The molecule has 0 aliphatic carbocycles. The molecule has 1 aromatic rings. The van der Waals surface area contributed by atoms with Gasteiger partial charge in [-0.1, -0.05) is 13.3 Å². The second kappa shape index (κ2) is 7.72. The Morgan fingerprint density at radius 2 is 2.20 bits per heavy atom. The summed E-state index contributed by atoms with van der Waals surface area (Å²) in [4.78, 5) is 12.2. The molecule has 0 radical (unpaired) electrons. The number of nitrogens with one attached hydrogen (secondary N) is 2. The topological polar surface area (TPSA) is 93.7 Å². The smallest absolute Gasteiger partial charge is 0.265 e. The standard InChI is InChI=1S/C17H24N2O5S/c1-2-3-6-16-17(20)19-14-10-13(7-8-15(14)24-16)25(21,22)18-11-12-5-4-9-23-12/h7-8,10,12,16,18H,2-6,9,11H2,1H3,(H,19,20)/t12-,16-/m0/s1. The first-order valence-electron chi connectivity index (χ1n) is 8.72. The molecule has 2 aliphatic heterocycles. The quantitative estimate of drug-likeness (QED) is 0.768. The highest BCUT2D eigenvalue weighted by molar-refractivity contribution is 7.89. The molecule has 1 fully saturated rings. The lowest BCUT2D eigenvalue weighted by molar-refractivity contribution is -0.123. The monoisotopic (exact) mass is 368 g/mol. The van der Waals surface area contributed by atoms with Gasteiger partial charge in [0.2, 0.25) is 10.0 Å². The molecular formula is C17H24N2O5S. The van der Waals surface area contributed by atoms with Crippen molar-refractivity contribution >= 4 is 21.6 Å². The summed E-state index contributed by atoms with van der Waals surface area (Å²) >= 11 is 0. The molecule has 0 spiro atoms. The van der Waals surface area contributed by atoms with Gasteiger partial charge in [0.25, 0.3) is 5.91 Å². The van der Waals surface area contributed by atoms with E-state index in [0.29, 0.717) is 24.5 Å². The van der Waals surface area contributed by atoms with E-state index in [0.717, 1.165) is 25.7 Å². The molecule has 7 nitrogen and oxygen atoms in total. The summed E-state index contributed by atoms with van der Waals surface area (Å²) in [5.41, 5.74) is 0.387. The second-order valence-electron chi connectivity index (χ2n) is 6.38.